The number of nitrogens with zero attached hydrogens (tertiary/aromatic N) is 2. The third-order valence-electron chi connectivity index (χ3n) is 2.13. The number of carbonyl (C=O) groups is 1. The molecule has 0 fully saturated rings. The normalized spacial score (nSPS) is 10.1. The van der Waals surface area contributed by atoms with Crippen LogP contribution < -0.4 is 5.48 Å². The maximum absolute atomic E-state index is 11.7. The van der Waals surface area contributed by atoms with Crippen LogP contribution in [0.4, 0.5) is 0 Å². The lowest BCUT2D eigenvalue weighted by Crippen LogP contribution is -2.25. The summed E-state index contributed by atoms with van der Waals surface area (Å²) in [5.41, 5.74) is 3.54. The van der Waals surface area contributed by atoms with Crippen LogP contribution in [-0.2, 0) is 11.4 Å². The Labute approximate surface area is 112 Å². The van der Waals surface area contributed by atoms with Crippen LogP contribution in [0.25, 0.3) is 0 Å². The van der Waals surface area contributed by atoms with Crippen LogP contribution in [0.15, 0.2) is 47.3 Å². The Bertz CT molecular complexity index is 534. The van der Waals surface area contributed by atoms with Gasteiger partial charge in [0.2, 0.25) is 0 Å². The lowest BCUT2D eigenvalue weighted by Gasteiger charge is -2.06. The minimum absolute atomic E-state index is 0.234. The van der Waals surface area contributed by atoms with E-state index in [1.165, 1.54) is 12.5 Å². The van der Waals surface area contributed by atoms with Crippen LogP contribution >= 0.6 is 15.9 Å². The summed E-state index contributed by atoms with van der Waals surface area (Å²) in [7, 11) is 0. The number of aromatic nitrogens is 2. The summed E-state index contributed by atoms with van der Waals surface area (Å²) in [6.07, 6.45) is 2.80. The Morgan fingerprint density at radius 1 is 1.33 bits per heavy atom. The van der Waals surface area contributed by atoms with E-state index in [1.54, 1.807) is 0 Å². The summed E-state index contributed by atoms with van der Waals surface area (Å²) in [6, 6.07) is 9.54. The Hall–Kier alpha value is -1.79. The Morgan fingerprint density at radius 3 is 2.83 bits per heavy atom. The Kier molecular flexibility index (Phi) is 4.38. The van der Waals surface area contributed by atoms with Gasteiger partial charge < -0.3 is 0 Å². The van der Waals surface area contributed by atoms with Crippen LogP contribution in [0.2, 0.25) is 0 Å². The summed E-state index contributed by atoms with van der Waals surface area (Å²) in [5, 5.41) is 0. The first-order valence-corrected chi connectivity index (χ1v) is 5.98. The standard InChI is InChI=1S/C12H10BrN3O2/c13-10-6-14-8-15-11(10)12(17)16-18-7-9-4-2-1-3-5-9/h1-6,8H,7H2,(H,16,17). The molecule has 92 valence electrons. The van der Waals surface area contributed by atoms with Crippen molar-refractivity contribution in [3.63, 3.8) is 0 Å². The van der Waals surface area contributed by atoms with E-state index in [-0.39, 0.29) is 5.69 Å². The Balaban J connectivity index is 1.88. The van der Waals surface area contributed by atoms with Crippen molar-refractivity contribution >= 4 is 21.8 Å². The molecule has 2 rings (SSSR count). The van der Waals surface area contributed by atoms with Crippen molar-refractivity contribution < 1.29 is 9.63 Å². The van der Waals surface area contributed by atoms with Gasteiger partial charge in [0.25, 0.3) is 5.91 Å². The predicted molar refractivity (Wildman–Crippen MR) is 68.4 cm³/mol. The summed E-state index contributed by atoms with van der Waals surface area (Å²) in [5.74, 6) is -0.416. The topological polar surface area (TPSA) is 64.1 Å². The molecule has 0 unspecified atom stereocenters. The first-order valence-electron chi connectivity index (χ1n) is 5.19. The summed E-state index contributed by atoms with van der Waals surface area (Å²) in [4.78, 5) is 24.4. The molecule has 0 saturated carbocycles. The van der Waals surface area contributed by atoms with Crippen LogP contribution in [-0.4, -0.2) is 15.9 Å². The molecule has 1 aromatic heterocycles. The van der Waals surface area contributed by atoms with Gasteiger partial charge in [-0.1, -0.05) is 30.3 Å². The molecule has 18 heavy (non-hydrogen) atoms. The maximum Gasteiger partial charge on any atom is 0.294 e. The molecule has 0 bridgehead atoms. The number of hydroxylamine groups is 1. The fourth-order valence-electron chi connectivity index (χ4n) is 1.29. The van der Waals surface area contributed by atoms with E-state index in [1.807, 2.05) is 30.3 Å². The van der Waals surface area contributed by atoms with E-state index in [4.69, 9.17) is 4.84 Å². The van der Waals surface area contributed by atoms with Crippen molar-refractivity contribution in [1.82, 2.24) is 15.4 Å². The van der Waals surface area contributed by atoms with E-state index < -0.39 is 5.91 Å². The molecule has 1 N–H and O–H groups in total. The lowest BCUT2D eigenvalue weighted by atomic mass is 10.2. The predicted octanol–water partition coefficient (Wildman–Crippen LogP) is 2.10. The highest BCUT2D eigenvalue weighted by Crippen LogP contribution is 2.11. The van der Waals surface area contributed by atoms with Crippen molar-refractivity contribution in [2.45, 2.75) is 6.61 Å². The molecular weight excluding hydrogens is 298 g/mol. The van der Waals surface area contributed by atoms with Gasteiger partial charge >= 0.3 is 0 Å². The zero-order valence-corrected chi connectivity index (χ0v) is 10.9. The third-order valence-corrected chi connectivity index (χ3v) is 2.71. The summed E-state index contributed by atoms with van der Waals surface area (Å²) < 4.78 is 0.519. The molecule has 1 heterocycles. The first-order chi connectivity index (χ1) is 8.77. The van der Waals surface area contributed by atoms with E-state index in [9.17, 15) is 4.79 Å². The minimum Gasteiger partial charge on any atom is -0.269 e. The summed E-state index contributed by atoms with van der Waals surface area (Å²) in [6.45, 7) is 0.301. The highest BCUT2D eigenvalue weighted by Gasteiger charge is 2.11. The van der Waals surface area contributed by atoms with Gasteiger partial charge in [-0.15, -0.1) is 0 Å². The summed E-state index contributed by atoms with van der Waals surface area (Å²) >= 11 is 3.19. The molecular formula is C12H10BrN3O2. The number of hydrogen-bond acceptors (Lipinski definition) is 4. The molecule has 0 atom stereocenters. The highest BCUT2D eigenvalue weighted by molar-refractivity contribution is 9.10. The largest absolute Gasteiger partial charge is 0.294 e. The lowest BCUT2D eigenvalue weighted by molar-refractivity contribution is 0.0228. The van der Waals surface area contributed by atoms with Crippen LogP contribution in [0.3, 0.4) is 0 Å². The third kappa shape index (κ3) is 3.35. The van der Waals surface area contributed by atoms with Gasteiger partial charge in [-0.25, -0.2) is 15.4 Å². The van der Waals surface area contributed by atoms with E-state index >= 15 is 0 Å². The minimum atomic E-state index is -0.416. The molecule has 0 aliphatic carbocycles. The van der Waals surface area contributed by atoms with Crippen LogP contribution in [0.1, 0.15) is 16.1 Å². The van der Waals surface area contributed by atoms with E-state index in [0.717, 1.165) is 5.56 Å². The molecule has 0 aliphatic heterocycles. The maximum atomic E-state index is 11.7. The molecule has 0 saturated heterocycles. The number of amides is 1. The van der Waals surface area contributed by atoms with Gasteiger partial charge in [0.15, 0.2) is 0 Å². The molecule has 1 aromatic carbocycles. The average molecular weight is 308 g/mol. The number of halogens is 1. The van der Waals surface area contributed by atoms with Gasteiger partial charge in [0.05, 0.1) is 11.1 Å². The van der Waals surface area contributed by atoms with Crippen molar-refractivity contribution in [2.75, 3.05) is 0 Å². The van der Waals surface area contributed by atoms with Crippen molar-refractivity contribution in [3.05, 3.63) is 58.6 Å². The number of benzene rings is 1. The first kappa shape index (κ1) is 12.7. The zero-order valence-electron chi connectivity index (χ0n) is 9.34. The van der Waals surface area contributed by atoms with Crippen LogP contribution in [0.5, 0.6) is 0 Å². The highest BCUT2D eigenvalue weighted by atomic mass is 79.9. The fourth-order valence-corrected chi connectivity index (χ4v) is 1.69. The SMILES string of the molecule is O=C(NOCc1ccccc1)c1ncncc1Br. The van der Waals surface area contributed by atoms with Gasteiger partial charge in [0.1, 0.15) is 12.0 Å². The molecule has 0 spiro atoms. The number of rotatable bonds is 4. The van der Waals surface area contributed by atoms with E-state index in [0.29, 0.717) is 11.1 Å². The number of carbonyl (C=O) groups excluding carboxylic acids is 1. The zero-order chi connectivity index (χ0) is 12.8. The quantitative estimate of drug-likeness (QED) is 0.879. The van der Waals surface area contributed by atoms with Crippen molar-refractivity contribution in [1.29, 1.82) is 0 Å². The van der Waals surface area contributed by atoms with Crippen LogP contribution in [0, 0.1) is 0 Å². The monoisotopic (exact) mass is 307 g/mol. The van der Waals surface area contributed by atoms with Gasteiger partial charge in [0, 0.05) is 6.20 Å². The Morgan fingerprint density at radius 2 is 2.11 bits per heavy atom. The second-order valence-corrected chi connectivity index (χ2v) is 4.28. The van der Waals surface area contributed by atoms with Gasteiger partial charge in [-0.2, -0.15) is 0 Å². The molecule has 0 radical (unpaired) electrons. The number of hydrogen-bond donors (Lipinski definition) is 1. The van der Waals surface area contributed by atoms with E-state index in [2.05, 4.69) is 31.4 Å². The van der Waals surface area contributed by atoms with Gasteiger partial charge in [-0.3, -0.25) is 9.63 Å². The average Bonchev–Trinajstić information content (AvgIpc) is 2.40. The van der Waals surface area contributed by atoms with Crippen molar-refractivity contribution in [2.24, 2.45) is 0 Å². The second kappa shape index (κ2) is 6.23. The molecule has 6 heteroatoms. The second-order valence-electron chi connectivity index (χ2n) is 3.42. The molecule has 0 aliphatic rings. The smallest absolute Gasteiger partial charge is 0.269 e. The molecule has 5 nitrogen and oxygen atoms in total. The van der Waals surface area contributed by atoms with Gasteiger partial charge in [-0.05, 0) is 21.5 Å². The molecule has 1 amide bonds. The fraction of sp³-hybridized carbons (Fsp3) is 0.0833. The number of nitrogens with one attached hydrogen (secondary N) is 1. The molecule has 2 aromatic rings. The van der Waals surface area contributed by atoms with Crippen molar-refractivity contribution in [3.8, 4) is 0 Å².